The first-order chi connectivity index (χ1) is 25.0. The van der Waals surface area contributed by atoms with Crippen LogP contribution < -0.4 is 5.32 Å². The fourth-order valence-electron chi connectivity index (χ4n) is 7.73. The monoisotopic (exact) mass is 782 g/mol. The number of carboxylic acid groups (broad SMARTS) is 1. The lowest BCUT2D eigenvalue weighted by molar-refractivity contribution is -0.143. The number of rotatable bonds is 9. The summed E-state index contributed by atoms with van der Waals surface area (Å²) in [5, 5.41) is 22.0. The molecule has 280 valence electrons. The van der Waals surface area contributed by atoms with Gasteiger partial charge in [-0.25, -0.2) is 9.59 Å². The molecule has 0 spiro atoms. The summed E-state index contributed by atoms with van der Waals surface area (Å²) in [4.78, 5) is 73.2. The molecular formula is C37H47BrN6O8. The lowest BCUT2D eigenvalue weighted by Gasteiger charge is -2.43. The maximum Gasteiger partial charge on any atom is 0.410 e. The first-order valence-electron chi connectivity index (χ1n) is 18.2. The van der Waals surface area contributed by atoms with Crippen molar-refractivity contribution in [2.24, 2.45) is 0 Å². The molecule has 1 atom stereocenters. The number of para-hydroxylation sites is 1. The summed E-state index contributed by atoms with van der Waals surface area (Å²) in [5.41, 5.74) is 2.66. The quantitative estimate of drug-likeness (QED) is 0.344. The van der Waals surface area contributed by atoms with Crippen LogP contribution >= 0.6 is 15.9 Å². The van der Waals surface area contributed by atoms with Gasteiger partial charge < -0.3 is 39.9 Å². The zero-order valence-corrected chi connectivity index (χ0v) is 30.8. The molecule has 0 aromatic heterocycles. The van der Waals surface area contributed by atoms with Crippen LogP contribution in [0.4, 0.5) is 15.3 Å². The summed E-state index contributed by atoms with van der Waals surface area (Å²) in [6, 6.07) is 12.9. The molecule has 1 unspecified atom stereocenters. The van der Waals surface area contributed by atoms with Gasteiger partial charge in [0.2, 0.25) is 5.91 Å². The SMILES string of the molecule is O=C(O)CCC(=O)N1CCC(N2CCN(C(=O)C(Cc3ccc(O)c(Br)c3)OC(=O)N3CCC(N4CCc5ccccc5NC4=O)CC3)CC2)CC1. The van der Waals surface area contributed by atoms with Gasteiger partial charge in [-0.2, -0.15) is 0 Å². The standard InChI is InChI=1S/C37H47BrN6O8/c38-29-23-25(5-6-31(29)45)24-32(35(49)42-21-19-40(20-22-42)27-10-14-41(15-11-27)33(46)7-8-34(47)48)52-37(51)43-16-12-28(13-17-43)44-18-9-26-3-1-2-4-30(26)39-36(44)50/h1-6,23,27-28,32,45H,7-22,24H2,(H,39,50)(H,47,48). The van der Waals surface area contributed by atoms with Gasteiger partial charge in [-0.1, -0.05) is 24.3 Å². The van der Waals surface area contributed by atoms with Gasteiger partial charge in [-0.3, -0.25) is 19.3 Å². The van der Waals surface area contributed by atoms with E-state index in [0.717, 1.165) is 36.1 Å². The first kappa shape index (κ1) is 37.4. The van der Waals surface area contributed by atoms with E-state index in [-0.39, 0.29) is 54.9 Å². The van der Waals surface area contributed by atoms with E-state index < -0.39 is 18.2 Å². The number of piperidine rings is 2. The van der Waals surface area contributed by atoms with Crippen LogP contribution in [0, 0.1) is 0 Å². The molecule has 14 nitrogen and oxygen atoms in total. The third-order valence-electron chi connectivity index (χ3n) is 10.8. The van der Waals surface area contributed by atoms with Gasteiger partial charge in [-0.15, -0.1) is 0 Å². The molecular weight excluding hydrogens is 736 g/mol. The number of ether oxygens (including phenoxy) is 1. The molecule has 0 radical (unpaired) electrons. The highest BCUT2D eigenvalue weighted by atomic mass is 79.9. The fourth-order valence-corrected chi connectivity index (χ4v) is 8.15. The average molecular weight is 784 g/mol. The number of carboxylic acids is 1. The highest BCUT2D eigenvalue weighted by Crippen LogP contribution is 2.28. The van der Waals surface area contributed by atoms with Crippen LogP contribution in [-0.4, -0.2) is 142 Å². The summed E-state index contributed by atoms with van der Waals surface area (Å²) in [5.74, 6) is -1.31. The molecule has 3 saturated heterocycles. The first-order valence-corrected chi connectivity index (χ1v) is 19.0. The largest absolute Gasteiger partial charge is 0.507 e. The lowest BCUT2D eigenvalue weighted by atomic mass is 10.0. The van der Waals surface area contributed by atoms with Gasteiger partial charge >= 0.3 is 18.1 Å². The number of halogens is 1. The number of aromatic hydroxyl groups is 1. The Balaban J connectivity index is 1.03. The van der Waals surface area contributed by atoms with Gasteiger partial charge in [0.15, 0.2) is 6.10 Å². The number of anilines is 1. The van der Waals surface area contributed by atoms with E-state index in [1.807, 2.05) is 29.2 Å². The number of hydrogen-bond acceptors (Lipinski definition) is 8. The van der Waals surface area contributed by atoms with Crippen LogP contribution in [0.2, 0.25) is 0 Å². The second-order valence-corrected chi connectivity index (χ2v) is 14.8. The van der Waals surface area contributed by atoms with E-state index in [0.29, 0.717) is 76.2 Å². The molecule has 4 aliphatic heterocycles. The molecule has 52 heavy (non-hydrogen) atoms. The highest BCUT2D eigenvalue weighted by molar-refractivity contribution is 9.10. The molecule has 3 N–H and O–H groups in total. The molecule has 0 saturated carbocycles. The maximum atomic E-state index is 14.0. The van der Waals surface area contributed by atoms with E-state index in [2.05, 4.69) is 26.1 Å². The predicted molar refractivity (Wildman–Crippen MR) is 195 cm³/mol. The molecule has 2 aromatic rings. The number of phenols is 1. The maximum absolute atomic E-state index is 14.0. The number of benzene rings is 2. The number of carbonyl (C=O) groups is 5. The zero-order valence-electron chi connectivity index (χ0n) is 29.3. The van der Waals surface area contributed by atoms with Crippen molar-refractivity contribution >= 4 is 51.5 Å². The molecule has 15 heteroatoms. The lowest BCUT2D eigenvalue weighted by Crippen LogP contribution is -2.57. The highest BCUT2D eigenvalue weighted by Gasteiger charge is 2.36. The van der Waals surface area contributed by atoms with Crippen LogP contribution in [-0.2, 0) is 32.0 Å². The Hall–Kier alpha value is -4.37. The average Bonchev–Trinajstić information content (AvgIpc) is 3.32. The van der Waals surface area contributed by atoms with Crippen molar-refractivity contribution in [3.8, 4) is 5.75 Å². The minimum absolute atomic E-state index is 0.0128. The minimum Gasteiger partial charge on any atom is -0.507 e. The predicted octanol–water partition coefficient (Wildman–Crippen LogP) is 3.76. The van der Waals surface area contributed by atoms with Gasteiger partial charge in [0.05, 0.1) is 10.9 Å². The topological polar surface area (TPSA) is 163 Å². The van der Waals surface area contributed by atoms with Gasteiger partial charge in [0.1, 0.15) is 5.75 Å². The van der Waals surface area contributed by atoms with Crippen molar-refractivity contribution < 1.29 is 38.9 Å². The smallest absolute Gasteiger partial charge is 0.410 e. The summed E-state index contributed by atoms with van der Waals surface area (Å²) in [7, 11) is 0. The Morgan fingerprint density at radius 3 is 2.19 bits per heavy atom. The van der Waals surface area contributed by atoms with Crippen LogP contribution in [0.15, 0.2) is 46.9 Å². The number of piperazine rings is 1. The molecule has 4 heterocycles. The van der Waals surface area contributed by atoms with Crippen LogP contribution in [0.5, 0.6) is 5.75 Å². The van der Waals surface area contributed by atoms with E-state index in [9.17, 15) is 29.1 Å². The normalized spacial score (nSPS) is 19.8. The van der Waals surface area contributed by atoms with Crippen molar-refractivity contribution in [3.63, 3.8) is 0 Å². The Morgan fingerprint density at radius 2 is 1.50 bits per heavy atom. The summed E-state index contributed by atoms with van der Waals surface area (Å²) < 4.78 is 6.47. The van der Waals surface area contributed by atoms with Gasteiger partial charge in [0, 0.05) is 89.5 Å². The van der Waals surface area contributed by atoms with E-state index in [1.165, 1.54) is 6.07 Å². The third kappa shape index (κ3) is 9.16. The number of likely N-dealkylation sites (tertiary alicyclic amines) is 2. The second-order valence-electron chi connectivity index (χ2n) is 14.0. The van der Waals surface area contributed by atoms with Crippen molar-refractivity contribution in [2.75, 3.05) is 64.2 Å². The number of aliphatic carboxylic acids is 1. The van der Waals surface area contributed by atoms with E-state index in [4.69, 9.17) is 9.84 Å². The number of fused-ring (bicyclic) bond motifs is 1. The van der Waals surface area contributed by atoms with Crippen molar-refractivity contribution in [2.45, 2.75) is 69.6 Å². The van der Waals surface area contributed by atoms with Crippen LogP contribution in [0.25, 0.3) is 0 Å². The van der Waals surface area contributed by atoms with Crippen LogP contribution in [0.3, 0.4) is 0 Å². The number of carbonyl (C=O) groups excluding carboxylic acids is 4. The Kier molecular flexibility index (Phi) is 12.2. The molecule has 0 aliphatic carbocycles. The number of urea groups is 1. The van der Waals surface area contributed by atoms with Gasteiger partial charge in [0.25, 0.3) is 5.91 Å². The molecule has 2 aromatic carbocycles. The van der Waals surface area contributed by atoms with Crippen molar-refractivity contribution in [1.29, 1.82) is 0 Å². The Bertz CT molecular complexity index is 1640. The van der Waals surface area contributed by atoms with Crippen LogP contribution in [0.1, 0.15) is 49.7 Å². The summed E-state index contributed by atoms with van der Waals surface area (Å²) in [6.45, 7) is 4.79. The molecule has 3 fully saturated rings. The summed E-state index contributed by atoms with van der Waals surface area (Å²) >= 11 is 3.34. The molecule has 0 bridgehead atoms. The van der Waals surface area contributed by atoms with Gasteiger partial charge in [-0.05, 0) is 77.4 Å². The van der Waals surface area contributed by atoms with E-state index >= 15 is 0 Å². The number of amides is 5. The van der Waals surface area contributed by atoms with Crippen molar-refractivity contribution in [1.82, 2.24) is 24.5 Å². The van der Waals surface area contributed by atoms with E-state index in [1.54, 1.807) is 26.8 Å². The number of phenolic OH excluding ortho intramolecular Hbond substituents is 1. The molecule has 5 amide bonds. The second kappa shape index (κ2) is 17.0. The zero-order chi connectivity index (χ0) is 36.8. The number of nitrogens with zero attached hydrogens (tertiary/aromatic N) is 5. The number of nitrogens with one attached hydrogen (secondary N) is 1. The Labute approximate surface area is 311 Å². The minimum atomic E-state index is -1.07. The number of hydrogen-bond donors (Lipinski definition) is 3. The molecule has 4 aliphatic rings. The Morgan fingerprint density at radius 1 is 0.827 bits per heavy atom. The molecule has 6 rings (SSSR count). The summed E-state index contributed by atoms with van der Waals surface area (Å²) in [6.07, 6.45) is 1.88. The van der Waals surface area contributed by atoms with Crippen molar-refractivity contribution in [3.05, 3.63) is 58.1 Å². The fraction of sp³-hybridized carbons (Fsp3) is 0.541. The third-order valence-corrected chi connectivity index (χ3v) is 11.4.